The van der Waals surface area contributed by atoms with Crippen molar-refractivity contribution in [1.29, 1.82) is 0 Å². The van der Waals surface area contributed by atoms with E-state index in [1.165, 1.54) is 10.9 Å². The first-order valence-electron chi connectivity index (χ1n) is 11.2. The molecule has 1 aliphatic rings. The molecule has 0 N–H and O–H groups in total. The first-order chi connectivity index (χ1) is 16.9. The molecule has 9 heteroatoms. The average Bonchev–Trinajstić information content (AvgIpc) is 3.34. The highest BCUT2D eigenvalue weighted by molar-refractivity contribution is 7.10. The summed E-state index contributed by atoms with van der Waals surface area (Å²) in [6.45, 7) is 1.38. The third kappa shape index (κ3) is 6.01. The third-order valence-electron chi connectivity index (χ3n) is 6.03. The number of thiophene rings is 1. The number of nitrogens with zero attached hydrogens (tertiary/aromatic N) is 2. The van der Waals surface area contributed by atoms with Crippen LogP contribution in [0.1, 0.15) is 38.8 Å². The summed E-state index contributed by atoms with van der Waals surface area (Å²) >= 11 is 20.0. The molecule has 184 valence electrons. The number of methoxy groups -OCH3 is 1. The van der Waals surface area contributed by atoms with Crippen molar-refractivity contribution in [2.24, 2.45) is 0 Å². The summed E-state index contributed by atoms with van der Waals surface area (Å²) in [4.78, 5) is 31.8. The third-order valence-corrected chi connectivity index (χ3v) is 8.02. The SMILES string of the molecule is COCCCN(CC(=O)N1CCc2sccc2C1c1ccc(Cl)cc1)C(=O)c1ccc(Cl)c(Cl)c1. The molecule has 0 aliphatic carbocycles. The second-order valence-corrected chi connectivity index (χ2v) is 10.5. The van der Waals surface area contributed by atoms with E-state index in [9.17, 15) is 9.59 Å². The Kier molecular flexibility index (Phi) is 8.73. The number of benzene rings is 2. The van der Waals surface area contributed by atoms with E-state index < -0.39 is 0 Å². The summed E-state index contributed by atoms with van der Waals surface area (Å²) in [5.41, 5.74) is 2.50. The summed E-state index contributed by atoms with van der Waals surface area (Å²) in [6, 6.07) is 14.2. The fourth-order valence-electron chi connectivity index (χ4n) is 4.31. The van der Waals surface area contributed by atoms with Gasteiger partial charge in [0.05, 0.1) is 16.1 Å². The Morgan fingerprint density at radius 2 is 1.86 bits per heavy atom. The standard InChI is InChI=1S/C26H25Cl3N2O3S/c1-34-13-2-11-30(26(33)18-5-8-21(28)22(29)15-18)16-24(32)31-12-9-23-20(10-14-35-23)25(31)17-3-6-19(27)7-4-17/h3-8,10,14-15,25H,2,9,11-13,16H2,1H3. The Bertz CT molecular complexity index is 1200. The lowest BCUT2D eigenvalue weighted by molar-refractivity contribution is -0.134. The van der Waals surface area contributed by atoms with Gasteiger partial charge >= 0.3 is 0 Å². The summed E-state index contributed by atoms with van der Waals surface area (Å²) in [5.74, 6) is -0.392. The summed E-state index contributed by atoms with van der Waals surface area (Å²) in [5, 5.41) is 3.37. The number of ether oxygens (including phenoxy) is 1. The lowest BCUT2D eigenvalue weighted by atomic mass is 9.93. The van der Waals surface area contributed by atoms with Crippen LogP contribution in [-0.4, -0.2) is 55.0 Å². The van der Waals surface area contributed by atoms with E-state index >= 15 is 0 Å². The quantitative estimate of drug-likeness (QED) is 0.306. The van der Waals surface area contributed by atoms with E-state index in [0.717, 1.165) is 17.5 Å². The molecule has 0 saturated carbocycles. The fourth-order valence-corrected chi connectivity index (χ4v) is 5.64. The van der Waals surface area contributed by atoms with Gasteiger partial charge in [0.2, 0.25) is 5.91 Å². The van der Waals surface area contributed by atoms with Gasteiger partial charge in [0.15, 0.2) is 0 Å². The Balaban J connectivity index is 1.60. The predicted molar refractivity (Wildman–Crippen MR) is 142 cm³/mol. The normalized spacial score (nSPS) is 15.1. The topological polar surface area (TPSA) is 49.9 Å². The Hall–Kier alpha value is -2.09. The van der Waals surface area contributed by atoms with Crippen molar-refractivity contribution in [3.63, 3.8) is 0 Å². The minimum atomic E-state index is -0.274. The molecular formula is C26H25Cl3N2O3S. The molecule has 3 aromatic rings. The van der Waals surface area contributed by atoms with Crippen molar-refractivity contribution in [3.05, 3.63) is 90.5 Å². The molecule has 0 saturated heterocycles. The minimum Gasteiger partial charge on any atom is -0.385 e. The summed E-state index contributed by atoms with van der Waals surface area (Å²) in [7, 11) is 1.61. The molecule has 4 rings (SSSR count). The van der Waals surface area contributed by atoms with Crippen LogP contribution in [0.5, 0.6) is 0 Å². The summed E-state index contributed by atoms with van der Waals surface area (Å²) in [6.07, 6.45) is 1.39. The highest BCUT2D eigenvalue weighted by Crippen LogP contribution is 2.38. The zero-order valence-electron chi connectivity index (χ0n) is 19.2. The molecule has 1 atom stereocenters. The lowest BCUT2D eigenvalue weighted by Crippen LogP contribution is -2.47. The van der Waals surface area contributed by atoms with Gasteiger partial charge < -0.3 is 14.5 Å². The van der Waals surface area contributed by atoms with E-state index in [1.54, 1.807) is 35.5 Å². The van der Waals surface area contributed by atoms with Crippen molar-refractivity contribution in [3.8, 4) is 0 Å². The van der Waals surface area contributed by atoms with Crippen LogP contribution < -0.4 is 0 Å². The number of carbonyl (C=O) groups excluding carboxylic acids is 2. The van der Waals surface area contributed by atoms with Gasteiger partial charge in [-0.2, -0.15) is 0 Å². The first kappa shape index (κ1) is 26.0. The molecule has 2 amide bonds. The van der Waals surface area contributed by atoms with Crippen LogP contribution in [0.15, 0.2) is 53.9 Å². The van der Waals surface area contributed by atoms with Gasteiger partial charge in [0.25, 0.3) is 5.91 Å². The molecule has 5 nitrogen and oxygen atoms in total. The van der Waals surface area contributed by atoms with Gasteiger partial charge in [0, 0.05) is 42.3 Å². The number of hydrogen-bond acceptors (Lipinski definition) is 4. The highest BCUT2D eigenvalue weighted by Gasteiger charge is 2.34. The van der Waals surface area contributed by atoms with Gasteiger partial charge in [-0.3, -0.25) is 9.59 Å². The van der Waals surface area contributed by atoms with Crippen LogP contribution in [0.3, 0.4) is 0 Å². The van der Waals surface area contributed by atoms with Crippen molar-refractivity contribution in [1.82, 2.24) is 9.80 Å². The monoisotopic (exact) mass is 550 g/mol. The van der Waals surface area contributed by atoms with E-state index in [-0.39, 0.29) is 24.4 Å². The first-order valence-corrected chi connectivity index (χ1v) is 13.2. The Morgan fingerprint density at radius 1 is 1.09 bits per heavy atom. The molecule has 1 unspecified atom stereocenters. The van der Waals surface area contributed by atoms with Crippen LogP contribution in [0.4, 0.5) is 0 Å². The summed E-state index contributed by atoms with van der Waals surface area (Å²) < 4.78 is 5.17. The van der Waals surface area contributed by atoms with Gasteiger partial charge in [-0.05, 0) is 65.7 Å². The second-order valence-electron chi connectivity index (χ2n) is 8.29. The van der Waals surface area contributed by atoms with Crippen molar-refractivity contribution in [2.75, 3.05) is 33.4 Å². The largest absolute Gasteiger partial charge is 0.385 e. The predicted octanol–water partition coefficient (Wildman–Crippen LogP) is 6.36. The fraction of sp³-hybridized carbons (Fsp3) is 0.308. The zero-order chi connectivity index (χ0) is 24.9. The molecule has 0 spiro atoms. The number of hydrogen-bond donors (Lipinski definition) is 0. The van der Waals surface area contributed by atoms with Crippen molar-refractivity contribution >= 4 is 58.0 Å². The van der Waals surface area contributed by atoms with Gasteiger partial charge in [-0.15, -0.1) is 11.3 Å². The molecule has 0 bridgehead atoms. The number of fused-ring (bicyclic) bond motifs is 1. The molecule has 35 heavy (non-hydrogen) atoms. The van der Waals surface area contributed by atoms with Crippen molar-refractivity contribution < 1.29 is 14.3 Å². The Labute approximate surface area is 224 Å². The van der Waals surface area contributed by atoms with Crippen LogP contribution in [-0.2, 0) is 16.0 Å². The number of amides is 2. The maximum atomic E-state index is 13.7. The van der Waals surface area contributed by atoms with Crippen LogP contribution in [0, 0.1) is 0 Å². The molecule has 1 aromatic heterocycles. The van der Waals surface area contributed by atoms with Gasteiger partial charge in [-0.1, -0.05) is 46.9 Å². The number of rotatable bonds is 8. The highest BCUT2D eigenvalue weighted by atomic mass is 35.5. The molecular weight excluding hydrogens is 527 g/mol. The van der Waals surface area contributed by atoms with Crippen molar-refractivity contribution in [2.45, 2.75) is 18.9 Å². The molecule has 1 aliphatic heterocycles. The number of carbonyl (C=O) groups is 2. The minimum absolute atomic E-state index is 0.0493. The van der Waals surface area contributed by atoms with Crippen LogP contribution in [0.25, 0.3) is 0 Å². The maximum Gasteiger partial charge on any atom is 0.254 e. The smallest absolute Gasteiger partial charge is 0.254 e. The number of halogens is 3. The van der Waals surface area contributed by atoms with Crippen LogP contribution in [0.2, 0.25) is 15.1 Å². The van der Waals surface area contributed by atoms with Crippen LogP contribution >= 0.6 is 46.1 Å². The van der Waals surface area contributed by atoms with Gasteiger partial charge in [-0.25, -0.2) is 0 Å². The zero-order valence-corrected chi connectivity index (χ0v) is 22.3. The maximum absolute atomic E-state index is 13.7. The van der Waals surface area contributed by atoms with E-state index in [2.05, 4.69) is 11.4 Å². The van der Waals surface area contributed by atoms with E-state index in [1.807, 2.05) is 29.2 Å². The van der Waals surface area contributed by atoms with E-state index in [4.69, 9.17) is 39.5 Å². The molecule has 2 heterocycles. The molecule has 0 radical (unpaired) electrons. The average molecular weight is 552 g/mol. The lowest BCUT2D eigenvalue weighted by Gasteiger charge is -2.37. The van der Waals surface area contributed by atoms with Gasteiger partial charge in [0.1, 0.15) is 6.54 Å². The Morgan fingerprint density at radius 3 is 2.57 bits per heavy atom. The molecule has 2 aromatic carbocycles. The second kappa shape index (κ2) is 11.8. The van der Waals surface area contributed by atoms with E-state index in [0.29, 0.717) is 46.7 Å². The molecule has 0 fully saturated rings.